The van der Waals surface area contributed by atoms with Crippen molar-refractivity contribution in [3.63, 3.8) is 0 Å². The van der Waals surface area contributed by atoms with E-state index in [0.717, 1.165) is 37.6 Å². The lowest BCUT2D eigenvalue weighted by Gasteiger charge is -2.36. The molecule has 0 bridgehead atoms. The van der Waals surface area contributed by atoms with Crippen LogP contribution in [0.4, 0.5) is 5.69 Å². The van der Waals surface area contributed by atoms with Gasteiger partial charge < -0.3 is 9.80 Å². The maximum atomic E-state index is 12.6. The number of carbonyl (C=O) groups excluding carboxylic acids is 1. The summed E-state index contributed by atoms with van der Waals surface area (Å²) in [5, 5.41) is 9.04. The molecule has 140 valence electrons. The molecule has 4 rings (SSSR count). The summed E-state index contributed by atoms with van der Waals surface area (Å²) in [5.74, 6) is 1.08. The predicted octanol–water partition coefficient (Wildman–Crippen LogP) is 2.18. The number of thioether (sulfide) groups is 1. The second kappa shape index (κ2) is 7.56. The van der Waals surface area contributed by atoms with Gasteiger partial charge in [-0.1, -0.05) is 30.0 Å². The molecule has 2 aromatic heterocycles. The van der Waals surface area contributed by atoms with Crippen molar-refractivity contribution in [2.24, 2.45) is 0 Å². The number of hydrogen-bond donors (Lipinski definition) is 0. The van der Waals surface area contributed by atoms with E-state index in [2.05, 4.69) is 32.2 Å². The van der Waals surface area contributed by atoms with Crippen LogP contribution in [0, 0.1) is 13.8 Å². The molecule has 1 saturated heterocycles. The van der Waals surface area contributed by atoms with Crippen LogP contribution in [0.25, 0.3) is 5.78 Å². The van der Waals surface area contributed by atoms with Crippen molar-refractivity contribution in [2.45, 2.75) is 19.0 Å². The van der Waals surface area contributed by atoms with Gasteiger partial charge >= 0.3 is 0 Å². The monoisotopic (exact) mass is 382 g/mol. The minimum Gasteiger partial charge on any atom is -0.368 e. The number of benzene rings is 1. The van der Waals surface area contributed by atoms with Gasteiger partial charge in [0.15, 0.2) is 5.16 Å². The molecule has 1 aliphatic heterocycles. The van der Waals surface area contributed by atoms with Crippen LogP contribution in [-0.4, -0.2) is 62.3 Å². The van der Waals surface area contributed by atoms with Crippen molar-refractivity contribution in [1.29, 1.82) is 0 Å². The van der Waals surface area contributed by atoms with Gasteiger partial charge in [0, 0.05) is 43.3 Å². The summed E-state index contributed by atoms with van der Waals surface area (Å²) in [5.41, 5.74) is 3.15. The van der Waals surface area contributed by atoms with Crippen LogP contribution in [0.3, 0.4) is 0 Å². The highest BCUT2D eigenvalue weighted by Crippen LogP contribution is 2.20. The van der Waals surface area contributed by atoms with Gasteiger partial charge in [0.1, 0.15) is 0 Å². The minimum absolute atomic E-state index is 0.141. The Balaban J connectivity index is 1.35. The quantitative estimate of drug-likeness (QED) is 0.645. The van der Waals surface area contributed by atoms with Crippen molar-refractivity contribution in [1.82, 2.24) is 24.5 Å². The number of carbonyl (C=O) groups is 1. The summed E-state index contributed by atoms with van der Waals surface area (Å²) in [6.07, 6.45) is 0. The fourth-order valence-corrected chi connectivity index (χ4v) is 4.25. The third-order valence-corrected chi connectivity index (χ3v) is 5.66. The number of anilines is 1. The highest BCUT2D eigenvalue weighted by atomic mass is 32.2. The summed E-state index contributed by atoms with van der Waals surface area (Å²) in [7, 11) is 0. The lowest BCUT2D eigenvalue weighted by atomic mass is 10.2. The van der Waals surface area contributed by atoms with Crippen LogP contribution >= 0.6 is 11.8 Å². The smallest absolute Gasteiger partial charge is 0.256 e. The number of piperazine rings is 1. The van der Waals surface area contributed by atoms with E-state index in [9.17, 15) is 4.79 Å². The number of rotatable bonds is 4. The van der Waals surface area contributed by atoms with Crippen molar-refractivity contribution >= 4 is 29.1 Å². The topological polar surface area (TPSA) is 66.6 Å². The maximum Gasteiger partial charge on any atom is 0.256 e. The van der Waals surface area contributed by atoms with Crippen LogP contribution in [0.15, 0.2) is 41.6 Å². The van der Waals surface area contributed by atoms with Gasteiger partial charge in [-0.15, -0.1) is 10.2 Å². The first-order valence-electron chi connectivity index (χ1n) is 9.02. The molecule has 0 N–H and O–H groups in total. The largest absolute Gasteiger partial charge is 0.368 e. The van der Waals surface area contributed by atoms with Crippen LogP contribution in [0.1, 0.15) is 11.4 Å². The van der Waals surface area contributed by atoms with E-state index in [-0.39, 0.29) is 5.91 Å². The van der Waals surface area contributed by atoms with Crippen LogP contribution in [0.5, 0.6) is 0 Å². The van der Waals surface area contributed by atoms with Gasteiger partial charge in [0.05, 0.1) is 5.75 Å². The molecule has 1 aromatic carbocycles. The van der Waals surface area contributed by atoms with Crippen molar-refractivity contribution in [2.75, 3.05) is 36.8 Å². The number of aromatic nitrogens is 4. The molecule has 1 fully saturated rings. The van der Waals surface area contributed by atoms with Gasteiger partial charge in [-0.25, -0.2) is 4.98 Å². The molecular formula is C19H22N6OS. The number of para-hydroxylation sites is 1. The second-order valence-electron chi connectivity index (χ2n) is 6.65. The first kappa shape index (κ1) is 17.8. The Labute approximate surface area is 162 Å². The van der Waals surface area contributed by atoms with Gasteiger partial charge in [-0.05, 0) is 32.0 Å². The standard InChI is InChI=1S/C19H22N6OS/c1-14-12-15(2)25-18(20-14)21-22-19(25)27-13-17(26)24-10-8-23(9-11-24)16-6-4-3-5-7-16/h3-7,12H,8-11,13H2,1-2H3. The molecule has 1 amide bonds. The average Bonchev–Trinajstić information content (AvgIpc) is 3.10. The number of hydrogen-bond acceptors (Lipinski definition) is 6. The highest BCUT2D eigenvalue weighted by Gasteiger charge is 2.22. The van der Waals surface area contributed by atoms with E-state index in [4.69, 9.17) is 0 Å². The Morgan fingerprint density at radius 3 is 2.56 bits per heavy atom. The fraction of sp³-hybridized carbons (Fsp3) is 0.368. The minimum atomic E-state index is 0.141. The van der Waals surface area contributed by atoms with Gasteiger partial charge in [0.2, 0.25) is 5.91 Å². The zero-order valence-corrected chi connectivity index (χ0v) is 16.3. The predicted molar refractivity (Wildman–Crippen MR) is 106 cm³/mol. The van der Waals surface area contributed by atoms with Crippen LogP contribution in [-0.2, 0) is 4.79 Å². The number of fused-ring (bicyclic) bond motifs is 1. The van der Waals surface area contributed by atoms with E-state index in [1.807, 2.05) is 47.4 Å². The molecular weight excluding hydrogens is 360 g/mol. The fourth-order valence-electron chi connectivity index (χ4n) is 3.36. The first-order chi connectivity index (χ1) is 13.1. The van der Waals surface area contributed by atoms with Gasteiger partial charge in [-0.2, -0.15) is 0 Å². The van der Waals surface area contributed by atoms with Crippen LogP contribution in [0.2, 0.25) is 0 Å². The Bertz CT molecular complexity index is 949. The summed E-state index contributed by atoms with van der Waals surface area (Å²) >= 11 is 1.42. The third-order valence-electron chi connectivity index (χ3n) is 4.74. The van der Waals surface area contributed by atoms with Gasteiger partial charge in [-0.3, -0.25) is 9.20 Å². The molecule has 0 saturated carbocycles. The van der Waals surface area contributed by atoms with E-state index >= 15 is 0 Å². The highest BCUT2D eigenvalue weighted by molar-refractivity contribution is 7.99. The molecule has 3 aromatic rings. The molecule has 7 nitrogen and oxygen atoms in total. The van der Waals surface area contributed by atoms with Crippen LogP contribution < -0.4 is 4.90 Å². The number of nitrogens with zero attached hydrogens (tertiary/aromatic N) is 6. The third kappa shape index (κ3) is 3.75. The zero-order valence-electron chi connectivity index (χ0n) is 15.5. The summed E-state index contributed by atoms with van der Waals surface area (Å²) < 4.78 is 1.90. The van der Waals surface area contributed by atoms with Crippen molar-refractivity contribution < 1.29 is 4.79 Å². The Morgan fingerprint density at radius 2 is 1.81 bits per heavy atom. The molecule has 27 heavy (non-hydrogen) atoms. The average molecular weight is 382 g/mol. The zero-order chi connectivity index (χ0) is 18.8. The molecule has 0 unspecified atom stereocenters. The molecule has 3 heterocycles. The Morgan fingerprint density at radius 1 is 1.07 bits per heavy atom. The molecule has 0 spiro atoms. The Hall–Kier alpha value is -2.61. The van der Waals surface area contributed by atoms with Crippen molar-refractivity contribution in [3.8, 4) is 0 Å². The second-order valence-corrected chi connectivity index (χ2v) is 7.59. The summed E-state index contributed by atoms with van der Waals surface area (Å²) in [6, 6.07) is 12.3. The molecule has 1 aliphatic rings. The SMILES string of the molecule is Cc1cc(C)n2c(SCC(=O)N3CCN(c4ccccc4)CC3)nnc2n1. The lowest BCUT2D eigenvalue weighted by Crippen LogP contribution is -2.49. The molecule has 0 atom stereocenters. The van der Waals surface area contributed by atoms with Crippen molar-refractivity contribution in [3.05, 3.63) is 47.8 Å². The van der Waals surface area contributed by atoms with E-state index in [1.165, 1.54) is 17.4 Å². The van der Waals surface area contributed by atoms with E-state index in [1.54, 1.807) is 0 Å². The molecule has 0 radical (unpaired) electrons. The van der Waals surface area contributed by atoms with E-state index in [0.29, 0.717) is 16.7 Å². The molecule has 8 heteroatoms. The lowest BCUT2D eigenvalue weighted by molar-refractivity contribution is -0.128. The Kier molecular flexibility index (Phi) is 4.98. The number of aryl methyl sites for hydroxylation is 2. The van der Waals surface area contributed by atoms with E-state index < -0.39 is 0 Å². The summed E-state index contributed by atoms with van der Waals surface area (Å²) in [6.45, 7) is 7.14. The maximum absolute atomic E-state index is 12.6. The number of amides is 1. The normalized spacial score (nSPS) is 14.7. The molecule has 0 aliphatic carbocycles. The first-order valence-corrected chi connectivity index (χ1v) is 10.0. The summed E-state index contributed by atoms with van der Waals surface area (Å²) in [4.78, 5) is 21.3. The van der Waals surface area contributed by atoms with Gasteiger partial charge in [0.25, 0.3) is 5.78 Å².